The summed E-state index contributed by atoms with van der Waals surface area (Å²) in [7, 11) is -0.756. The van der Waals surface area contributed by atoms with Crippen LogP contribution in [0.5, 0.6) is 0 Å². The molecule has 0 N–H and O–H groups in total. The minimum Gasteiger partial charge on any atom is -0.286 e. The van der Waals surface area contributed by atoms with Crippen LogP contribution in [0.1, 0.15) is 17.3 Å². The van der Waals surface area contributed by atoms with Crippen molar-refractivity contribution in [2.75, 3.05) is 20.6 Å². The summed E-state index contributed by atoms with van der Waals surface area (Å²) < 4.78 is 52.5. The lowest BCUT2D eigenvalue weighted by atomic mass is 10.2. The molecule has 0 aliphatic carbocycles. The molecule has 1 aliphatic rings. The molecule has 10 heteroatoms. The third-order valence-electron chi connectivity index (χ3n) is 4.21. The van der Waals surface area contributed by atoms with Crippen molar-refractivity contribution in [1.82, 2.24) is 9.21 Å². The molecule has 0 bridgehead atoms. The number of hydrogen-bond acceptors (Lipinski definition) is 5. The van der Waals surface area contributed by atoms with E-state index >= 15 is 0 Å². The largest absolute Gasteiger partial charge is 0.286 e. The van der Waals surface area contributed by atoms with Gasteiger partial charge in [-0.3, -0.25) is 9.69 Å². The molecule has 2 aromatic rings. The quantitative estimate of drug-likeness (QED) is 0.731. The van der Waals surface area contributed by atoms with Crippen LogP contribution >= 0.6 is 11.8 Å². The Hall–Kier alpha value is -2.30. The number of thioether (sulfide) groups is 1. The first-order valence-corrected chi connectivity index (χ1v) is 11.0. The van der Waals surface area contributed by atoms with Crippen LogP contribution in [0, 0.1) is 11.6 Å². The van der Waals surface area contributed by atoms with E-state index < -0.39 is 27.6 Å². The van der Waals surface area contributed by atoms with Crippen LogP contribution in [0.4, 0.5) is 14.5 Å². The van der Waals surface area contributed by atoms with Gasteiger partial charge in [0.1, 0.15) is 0 Å². The van der Waals surface area contributed by atoms with E-state index in [0.717, 1.165) is 16.4 Å². The van der Waals surface area contributed by atoms with Crippen molar-refractivity contribution < 1.29 is 22.0 Å². The molecule has 1 atom stereocenters. The molecule has 1 saturated heterocycles. The monoisotopic (exact) mass is 439 g/mol. The van der Waals surface area contributed by atoms with Gasteiger partial charge < -0.3 is 0 Å². The normalized spacial score (nSPS) is 18.6. The Balaban J connectivity index is 1.95. The van der Waals surface area contributed by atoms with E-state index in [9.17, 15) is 22.0 Å². The van der Waals surface area contributed by atoms with Gasteiger partial charge in [-0.05, 0) is 36.4 Å². The van der Waals surface area contributed by atoms with Gasteiger partial charge in [-0.25, -0.2) is 26.5 Å². The van der Waals surface area contributed by atoms with Gasteiger partial charge in [0.25, 0.3) is 5.91 Å². The molecule has 0 aromatic heterocycles. The fraction of sp³-hybridized carbons (Fsp3) is 0.263. The maximum Gasteiger partial charge on any atom is 0.259 e. The topological polar surface area (TPSA) is 70.0 Å². The smallest absolute Gasteiger partial charge is 0.259 e. The van der Waals surface area contributed by atoms with Crippen molar-refractivity contribution in [3.8, 4) is 0 Å². The molecule has 1 unspecified atom stereocenters. The number of carbonyl (C=O) groups excluding carboxylic acids is 1. The summed E-state index contributed by atoms with van der Waals surface area (Å²) >= 11 is 1.35. The number of rotatable bonds is 4. The summed E-state index contributed by atoms with van der Waals surface area (Å²) in [6, 6.07) is 9.07. The number of carbonyl (C=O) groups is 1. The Kier molecular flexibility index (Phi) is 6.06. The molecule has 1 heterocycles. The van der Waals surface area contributed by atoms with Crippen molar-refractivity contribution in [3.05, 3.63) is 59.7 Å². The maximum atomic E-state index is 13.5. The zero-order chi connectivity index (χ0) is 21.3. The number of hydrogen-bond donors (Lipinski definition) is 0. The first-order chi connectivity index (χ1) is 13.6. The summed E-state index contributed by atoms with van der Waals surface area (Å²) in [6.45, 7) is 2.25. The fourth-order valence-corrected chi connectivity index (χ4v) is 4.66. The minimum absolute atomic E-state index is 0.00948. The minimum atomic E-state index is -3.63. The summed E-state index contributed by atoms with van der Waals surface area (Å²) in [6.07, 6.45) is 0. The Morgan fingerprint density at radius 1 is 1.17 bits per heavy atom. The predicted octanol–water partition coefficient (Wildman–Crippen LogP) is 3.48. The number of halogens is 2. The Labute approximate surface area is 172 Å². The zero-order valence-electron chi connectivity index (χ0n) is 16.0. The third-order valence-corrected chi connectivity index (χ3v) is 7.09. The van der Waals surface area contributed by atoms with Crippen molar-refractivity contribution in [2.24, 2.45) is 4.99 Å². The summed E-state index contributed by atoms with van der Waals surface area (Å²) in [5.74, 6) is -2.63. The maximum absolute atomic E-state index is 13.5. The standard InChI is InChI=1S/C19H19F2N3O3S2/c1-12-11-24(18(25)13-7-8-16(20)17(21)9-13)19(28-12)22-14-5-4-6-15(10-14)29(26,27)23(2)3/h4-10,12H,11H2,1-3H3. The molecule has 1 aliphatic heterocycles. The Bertz CT molecular complexity index is 1090. The first kappa shape index (κ1) is 21.4. The van der Waals surface area contributed by atoms with Gasteiger partial charge in [-0.15, -0.1) is 0 Å². The van der Waals surface area contributed by atoms with Gasteiger partial charge in [0.15, 0.2) is 16.8 Å². The highest BCUT2D eigenvalue weighted by molar-refractivity contribution is 8.14. The van der Waals surface area contributed by atoms with Crippen LogP contribution in [0.15, 0.2) is 52.4 Å². The number of benzene rings is 2. The van der Waals surface area contributed by atoms with Gasteiger partial charge in [0.2, 0.25) is 10.0 Å². The van der Waals surface area contributed by atoms with Crippen LogP contribution in [0.25, 0.3) is 0 Å². The van der Waals surface area contributed by atoms with Gasteiger partial charge in [0, 0.05) is 31.5 Å². The molecule has 1 amide bonds. The van der Waals surface area contributed by atoms with Gasteiger partial charge in [-0.1, -0.05) is 24.8 Å². The molecule has 2 aromatic carbocycles. The number of aliphatic imine (C=N–C) groups is 1. The van der Waals surface area contributed by atoms with E-state index in [1.807, 2.05) is 6.92 Å². The molecule has 29 heavy (non-hydrogen) atoms. The summed E-state index contributed by atoms with van der Waals surface area (Å²) in [4.78, 5) is 18.7. The Morgan fingerprint density at radius 3 is 2.55 bits per heavy atom. The van der Waals surface area contributed by atoms with Gasteiger partial charge in [-0.2, -0.15) is 0 Å². The fourth-order valence-electron chi connectivity index (χ4n) is 2.69. The van der Waals surface area contributed by atoms with E-state index in [1.54, 1.807) is 12.1 Å². The number of nitrogens with zero attached hydrogens (tertiary/aromatic N) is 3. The van der Waals surface area contributed by atoms with E-state index in [2.05, 4.69) is 4.99 Å². The predicted molar refractivity (Wildman–Crippen MR) is 109 cm³/mol. The van der Waals surface area contributed by atoms with Crippen molar-refractivity contribution in [3.63, 3.8) is 0 Å². The van der Waals surface area contributed by atoms with E-state index in [1.165, 1.54) is 49.0 Å². The molecule has 0 spiro atoms. The summed E-state index contributed by atoms with van der Waals surface area (Å²) in [5, 5.41) is 0.406. The third kappa shape index (κ3) is 4.49. The molecule has 154 valence electrons. The van der Waals surface area contributed by atoms with Crippen molar-refractivity contribution in [1.29, 1.82) is 0 Å². The van der Waals surface area contributed by atoms with E-state index in [0.29, 0.717) is 17.4 Å². The summed E-state index contributed by atoms with van der Waals surface area (Å²) in [5.41, 5.74) is 0.378. The first-order valence-electron chi connectivity index (χ1n) is 8.64. The lowest BCUT2D eigenvalue weighted by molar-refractivity contribution is 0.0854. The highest BCUT2D eigenvalue weighted by Gasteiger charge is 2.32. The van der Waals surface area contributed by atoms with Crippen LogP contribution in [0.2, 0.25) is 0 Å². The second-order valence-electron chi connectivity index (χ2n) is 6.65. The van der Waals surface area contributed by atoms with Crippen LogP contribution < -0.4 is 0 Å². The molecule has 1 fully saturated rings. The average molecular weight is 440 g/mol. The molecule has 0 radical (unpaired) electrons. The van der Waals surface area contributed by atoms with E-state index in [-0.39, 0.29) is 15.7 Å². The molecule has 3 rings (SSSR count). The number of amides is 1. The lowest BCUT2D eigenvalue weighted by Gasteiger charge is -2.16. The van der Waals surface area contributed by atoms with Crippen LogP contribution in [-0.4, -0.2) is 54.6 Å². The number of amidine groups is 1. The second-order valence-corrected chi connectivity index (χ2v) is 10.2. The average Bonchev–Trinajstić information content (AvgIpc) is 3.03. The van der Waals surface area contributed by atoms with Crippen LogP contribution in [0.3, 0.4) is 0 Å². The van der Waals surface area contributed by atoms with Gasteiger partial charge >= 0.3 is 0 Å². The van der Waals surface area contributed by atoms with Crippen LogP contribution in [-0.2, 0) is 10.0 Å². The number of sulfonamides is 1. The molecule has 6 nitrogen and oxygen atoms in total. The molecular formula is C19H19F2N3O3S2. The lowest BCUT2D eigenvalue weighted by Crippen LogP contribution is -2.32. The SMILES string of the molecule is CC1CN(C(=O)c2ccc(F)c(F)c2)C(=Nc2cccc(S(=O)(=O)N(C)C)c2)S1. The zero-order valence-corrected chi connectivity index (χ0v) is 17.6. The van der Waals surface area contributed by atoms with Crippen molar-refractivity contribution in [2.45, 2.75) is 17.1 Å². The molecule has 0 saturated carbocycles. The second kappa shape index (κ2) is 8.21. The Morgan fingerprint density at radius 2 is 1.90 bits per heavy atom. The van der Waals surface area contributed by atoms with E-state index in [4.69, 9.17) is 0 Å². The van der Waals surface area contributed by atoms with Crippen molar-refractivity contribution >= 4 is 38.5 Å². The highest BCUT2D eigenvalue weighted by atomic mass is 32.2. The highest BCUT2D eigenvalue weighted by Crippen LogP contribution is 2.30. The van der Waals surface area contributed by atoms with Gasteiger partial charge in [0.05, 0.1) is 10.6 Å². The molecular weight excluding hydrogens is 420 g/mol.